The van der Waals surface area contributed by atoms with E-state index in [0.717, 1.165) is 11.1 Å². The number of allylic oxidation sites excluding steroid dienone is 1. The van der Waals surface area contributed by atoms with Crippen molar-refractivity contribution in [3.63, 3.8) is 0 Å². The van der Waals surface area contributed by atoms with Crippen LogP contribution in [0.5, 0.6) is 0 Å². The molecule has 0 aliphatic heterocycles. The summed E-state index contributed by atoms with van der Waals surface area (Å²) in [6.07, 6.45) is 3.41. The molecule has 0 fully saturated rings. The van der Waals surface area contributed by atoms with Gasteiger partial charge in [0, 0.05) is 11.6 Å². The molecule has 0 aliphatic carbocycles. The van der Waals surface area contributed by atoms with Crippen LogP contribution < -0.4 is 5.73 Å². The number of carbonyl (C=O) groups is 1. The first kappa shape index (κ1) is 13.2. The third-order valence-corrected chi connectivity index (χ3v) is 2.95. The fourth-order valence-corrected chi connectivity index (χ4v) is 1.78. The molecule has 2 aromatic carbocycles. The molecule has 0 amide bonds. The van der Waals surface area contributed by atoms with Gasteiger partial charge in [0.2, 0.25) is 0 Å². The van der Waals surface area contributed by atoms with Gasteiger partial charge in [-0.1, -0.05) is 60.7 Å². The van der Waals surface area contributed by atoms with E-state index in [1.807, 2.05) is 67.6 Å². The Morgan fingerprint density at radius 2 is 1.68 bits per heavy atom. The zero-order valence-electron chi connectivity index (χ0n) is 10.9. The minimum Gasteiger partial charge on any atom is -0.324 e. The molecule has 2 nitrogen and oxygen atoms in total. The van der Waals surface area contributed by atoms with Crippen LogP contribution >= 0.6 is 0 Å². The Morgan fingerprint density at radius 3 is 2.26 bits per heavy atom. The number of ketones is 1. The summed E-state index contributed by atoms with van der Waals surface area (Å²) in [7, 11) is 0. The second kappa shape index (κ2) is 6.12. The molecule has 0 heterocycles. The lowest BCUT2D eigenvalue weighted by Crippen LogP contribution is -2.05. The van der Waals surface area contributed by atoms with Crippen molar-refractivity contribution in [3.05, 3.63) is 77.4 Å². The topological polar surface area (TPSA) is 43.1 Å². The van der Waals surface area contributed by atoms with E-state index in [4.69, 9.17) is 5.73 Å². The summed E-state index contributed by atoms with van der Waals surface area (Å²) in [5.41, 5.74) is 8.50. The van der Waals surface area contributed by atoms with Gasteiger partial charge in [-0.05, 0) is 24.1 Å². The second-order valence-corrected chi connectivity index (χ2v) is 4.52. The quantitative estimate of drug-likeness (QED) is 0.666. The van der Waals surface area contributed by atoms with Crippen molar-refractivity contribution < 1.29 is 4.79 Å². The van der Waals surface area contributed by atoms with Gasteiger partial charge in [-0.2, -0.15) is 0 Å². The highest BCUT2D eigenvalue weighted by atomic mass is 16.1. The SMILES string of the molecule is CC(N)c1ccc(C(=O)C=Cc2ccccc2)cc1. The molecule has 1 unspecified atom stereocenters. The highest BCUT2D eigenvalue weighted by Gasteiger charge is 2.03. The third-order valence-electron chi connectivity index (χ3n) is 2.95. The number of hydrogen-bond acceptors (Lipinski definition) is 2. The molecular weight excluding hydrogens is 234 g/mol. The molecule has 96 valence electrons. The lowest BCUT2D eigenvalue weighted by atomic mass is 10.0. The van der Waals surface area contributed by atoms with Crippen molar-refractivity contribution in [2.75, 3.05) is 0 Å². The third kappa shape index (κ3) is 3.63. The Bertz CT molecular complexity index is 568. The molecular formula is C17H17NO. The van der Waals surface area contributed by atoms with Crippen LogP contribution in [0.4, 0.5) is 0 Å². The number of benzene rings is 2. The number of nitrogens with two attached hydrogens (primary N) is 1. The van der Waals surface area contributed by atoms with Crippen LogP contribution in [0.15, 0.2) is 60.7 Å². The predicted molar refractivity (Wildman–Crippen MR) is 78.9 cm³/mol. The largest absolute Gasteiger partial charge is 0.324 e. The molecule has 0 spiro atoms. The first-order valence-corrected chi connectivity index (χ1v) is 6.30. The summed E-state index contributed by atoms with van der Waals surface area (Å²) in [5, 5.41) is 0. The average molecular weight is 251 g/mol. The van der Waals surface area contributed by atoms with Gasteiger partial charge in [-0.3, -0.25) is 4.79 Å². The van der Waals surface area contributed by atoms with Crippen molar-refractivity contribution in [1.82, 2.24) is 0 Å². The molecule has 1 atom stereocenters. The Balaban J connectivity index is 2.10. The summed E-state index contributed by atoms with van der Waals surface area (Å²) in [6, 6.07) is 17.2. The molecule has 0 aliphatic rings. The normalized spacial score (nSPS) is 12.5. The van der Waals surface area contributed by atoms with E-state index >= 15 is 0 Å². The van der Waals surface area contributed by atoms with Crippen molar-refractivity contribution in [2.24, 2.45) is 5.73 Å². The van der Waals surface area contributed by atoms with Gasteiger partial charge in [-0.25, -0.2) is 0 Å². The van der Waals surface area contributed by atoms with E-state index in [2.05, 4.69) is 0 Å². The van der Waals surface area contributed by atoms with Crippen molar-refractivity contribution in [1.29, 1.82) is 0 Å². The summed E-state index contributed by atoms with van der Waals surface area (Å²) >= 11 is 0. The second-order valence-electron chi connectivity index (χ2n) is 4.52. The van der Waals surface area contributed by atoms with Crippen LogP contribution in [0.3, 0.4) is 0 Å². The highest BCUT2D eigenvalue weighted by Crippen LogP contribution is 2.12. The van der Waals surface area contributed by atoms with Gasteiger partial charge in [0.1, 0.15) is 0 Å². The van der Waals surface area contributed by atoms with E-state index < -0.39 is 0 Å². The van der Waals surface area contributed by atoms with E-state index in [0.29, 0.717) is 5.56 Å². The van der Waals surface area contributed by atoms with Gasteiger partial charge in [0.05, 0.1) is 0 Å². The van der Waals surface area contributed by atoms with Crippen molar-refractivity contribution in [2.45, 2.75) is 13.0 Å². The zero-order chi connectivity index (χ0) is 13.7. The maximum absolute atomic E-state index is 12.0. The monoisotopic (exact) mass is 251 g/mol. The lowest BCUT2D eigenvalue weighted by Gasteiger charge is -2.05. The minimum atomic E-state index is -0.0102. The van der Waals surface area contributed by atoms with Gasteiger partial charge < -0.3 is 5.73 Å². The lowest BCUT2D eigenvalue weighted by molar-refractivity contribution is 0.104. The Kier molecular flexibility index (Phi) is 4.26. The van der Waals surface area contributed by atoms with Crippen LogP contribution in [0.25, 0.3) is 6.08 Å². The molecule has 0 aromatic heterocycles. The first-order chi connectivity index (χ1) is 9.16. The van der Waals surface area contributed by atoms with Crippen LogP contribution in [-0.2, 0) is 0 Å². The Hall–Kier alpha value is -2.19. The maximum Gasteiger partial charge on any atom is 0.185 e. The number of rotatable bonds is 4. The van der Waals surface area contributed by atoms with Crippen molar-refractivity contribution in [3.8, 4) is 0 Å². The summed E-state index contributed by atoms with van der Waals surface area (Å²) < 4.78 is 0. The van der Waals surface area contributed by atoms with Crippen LogP contribution in [0, 0.1) is 0 Å². The summed E-state index contributed by atoms with van der Waals surface area (Å²) in [4.78, 5) is 12.0. The standard InChI is InChI=1S/C17H17NO/c1-13(18)15-8-10-16(11-9-15)17(19)12-7-14-5-3-2-4-6-14/h2-13H,18H2,1H3. The molecule has 0 radical (unpaired) electrons. The van der Waals surface area contributed by atoms with E-state index in [-0.39, 0.29) is 11.8 Å². The molecule has 2 N–H and O–H groups in total. The van der Waals surface area contributed by atoms with Gasteiger partial charge in [0.15, 0.2) is 5.78 Å². The highest BCUT2D eigenvalue weighted by molar-refractivity contribution is 6.06. The van der Waals surface area contributed by atoms with E-state index in [1.54, 1.807) is 6.08 Å². The summed E-state index contributed by atoms with van der Waals surface area (Å²) in [5.74, 6) is 0.0000718. The van der Waals surface area contributed by atoms with Gasteiger partial charge in [-0.15, -0.1) is 0 Å². The van der Waals surface area contributed by atoms with E-state index in [1.165, 1.54) is 0 Å². The molecule has 0 saturated carbocycles. The molecule has 0 saturated heterocycles. The average Bonchev–Trinajstić information content (AvgIpc) is 2.46. The zero-order valence-corrected chi connectivity index (χ0v) is 10.9. The Labute approximate surface area is 113 Å². The molecule has 2 rings (SSSR count). The fraction of sp³-hybridized carbons (Fsp3) is 0.118. The number of hydrogen-bond donors (Lipinski definition) is 1. The smallest absolute Gasteiger partial charge is 0.185 e. The van der Waals surface area contributed by atoms with Crippen molar-refractivity contribution >= 4 is 11.9 Å². The predicted octanol–water partition coefficient (Wildman–Crippen LogP) is 3.60. The van der Waals surface area contributed by atoms with E-state index in [9.17, 15) is 4.79 Å². The molecule has 2 heteroatoms. The fourth-order valence-electron chi connectivity index (χ4n) is 1.78. The van der Waals surface area contributed by atoms with Gasteiger partial charge in [0.25, 0.3) is 0 Å². The molecule has 19 heavy (non-hydrogen) atoms. The van der Waals surface area contributed by atoms with Crippen LogP contribution in [0.2, 0.25) is 0 Å². The maximum atomic E-state index is 12.0. The summed E-state index contributed by atoms with van der Waals surface area (Å²) in [6.45, 7) is 1.92. The number of carbonyl (C=O) groups excluding carboxylic acids is 1. The van der Waals surface area contributed by atoms with Crippen LogP contribution in [-0.4, -0.2) is 5.78 Å². The van der Waals surface area contributed by atoms with Gasteiger partial charge >= 0.3 is 0 Å². The van der Waals surface area contributed by atoms with Crippen LogP contribution in [0.1, 0.15) is 34.5 Å². The first-order valence-electron chi connectivity index (χ1n) is 6.30. The molecule has 2 aromatic rings. The minimum absolute atomic E-state index is 0.0000718. The molecule has 0 bridgehead atoms. The Morgan fingerprint density at radius 1 is 1.05 bits per heavy atom.